The summed E-state index contributed by atoms with van der Waals surface area (Å²) in [5.74, 6) is 0. The summed E-state index contributed by atoms with van der Waals surface area (Å²) >= 11 is 0. The fourth-order valence-electron chi connectivity index (χ4n) is 0.710. The number of aromatic nitrogens is 1. The first-order chi connectivity index (χ1) is 4.88. The van der Waals surface area contributed by atoms with Crippen molar-refractivity contribution in [2.75, 3.05) is 0 Å². The minimum Gasteiger partial charge on any atom is -0.404 e. The van der Waals surface area contributed by atoms with Gasteiger partial charge in [-0.25, -0.2) is 0 Å². The highest BCUT2D eigenvalue weighted by Gasteiger charge is 1.79. The SMILES string of the molecule is NC=c1nccc/c1=C/N. The highest BCUT2D eigenvalue weighted by atomic mass is 14.7. The van der Waals surface area contributed by atoms with Crippen molar-refractivity contribution in [2.45, 2.75) is 0 Å². The van der Waals surface area contributed by atoms with E-state index in [0.29, 0.717) is 5.35 Å². The van der Waals surface area contributed by atoms with Crippen LogP contribution in [0.25, 0.3) is 12.4 Å². The molecule has 1 aromatic rings. The maximum atomic E-state index is 5.29. The quantitative estimate of drug-likeness (QED) is 0.454. The molecule has 0 saturated carbocycles. The first-order valence-corrected chi connectivity index (χ1v) is 2.93. The second-order valence-corrected chi connectivity index (χ2v) is 1.81. The van der Waals surface area contributed by atoms with Gasteiger partial charge in [0.05, 0.1) is 5.35 Å². The zero-order valence-corrected chi connectivity index (χ0v) is 5.49. The molecule has 0 fully saturated rings. The highest BCUT2D eigenvalue weighted by molar-refractivity contribution is 5.23. The first-order valence-electron chi connectivity index (χ1n) is 2.93. The minimum absolute atomic E-state index is 0.713. The highest BCUT2D eigenvalue weighted by Crippen LogP contribution is 1.62. The summed E-state index contributed by atoms with van der Waals surface area (Å²) in [6, 6.07) is 3.66. The third-order valence-corrected chi connectivity index (χ3v) is 1.21. The fourth-order valence-corrected chi connectivity index (χ4v) is 0.710. The van der Waals surface area contributed by atoms with Gasteiger partial charge in [-0.1, -0.05) is 0 Å². The Bertz CT molecular complexity index is 283. The third-order valence-electron chi connectivity index (χ3n) is 1.21. The molecule has 0 aliphatic carbocycles. The van der Waals surface area contributed by atoms with Crippen molar-refractivity contribution in [1.82, 2.24) is 4.98 Å². The smallest absolute Gasteiger partial charge is 0.0870 e. The summed E-state index contributed by atoms with van der Waals surface area (Å²) in [5.41, 5.74) is 10.5. The van der Waals surface area contributed by atoms with Gasteiger partial charge in [0.1, 0.15) is 0 Å². The Hall–Kier alpha value is -1.51. The average Bonchev–Trinajstić information content (AvgIpc) is 2.04. The fraction of sp³-hybridized carbons (Fsp3) is 0. The Morgan fingerprint density at radius 2 is 2.10 bits per heavy atom. The molecule has 0 saturated heterocycles. The Balaban J connectivity index is 3.53. The van der Waals surface area contributed by atoms with Crippen molar-refractivity contribution in [1.29, 1.82) is 0 Å². The summed E-state index contributed by atoms with van der Waals surface area (Å²) in [6.07, 6.45) is 4.58. The molecule has 0 aromatic carbocycles. The van der Waals surface area contributed by atoms with Gasteiger partial charge in [-0.05, 0) is 12.1 Å². The monoisotopic (exact) mass is 135 g/mol. The van der Waals surface area contributed by atoms with E-state index in [1.54, 1.807) is 6.20 Å². The summed E-state index contributed by atoms with van der Waals surface area (Å²) in [7, 11) is 0. The Kier molecular flexibility index (Phi) is 1.89. The summed E-state index contributed by atoms with van der Waals surface area (Å²) < 4.78 is 0. The zero-order valence-electron chi connectivity index (χ0n) is 5.49. The molecule has 0 aliphatic heterocycles. The average molecular weight is 135 g/mol. The van der Waals surface area contributed by atoms with E-state index >= 15 is 0 Å². The molecule has 0 radical (unpaired) electrons. The molecule has 4 N–H and O–H groups in total. The molecular weight excluding hydrogens is 126 g/mol. The molecule has 1 rings (SSSR count). The molecule has 0 unspecified atom stereocenters. The number of nitrogens with two attached hydrogens (primary N) is 2. The largest absolute Gasteiger partial charge is 0.404 e. The number of rotatable bonds is 0. The normalized spacial score (nSPS) is 14.0. The Morgan fingerprint density at radius 1 is 1.30 bits per heavy atom. The van der Waals surface area contributed by atoms with Crippen LogP contribution in [-0.4, -0.2) is 4.98 Å². The van der Waals surface area contributed by atoms with Crippen LogP contribution in [0.4, 0.5) is 0 Å². The van der Waals surface area contributed by atoms with E-state index in [-0.39, 0.29) is 0 Å². The molecule has 1 aromatic heterocycles. The maximum Gasteiger partial charge on any atom is 0.0870 e. The second-order valence-electron chi connectivity index (χ2n) is 1.81. The van der Waals surface area contributed by atoms with Crippen molar-refractivity contribution in [3.63, 3.8) is 0 Å². The van der Waals surface area contributed by atoms with Crippen LogP contribution in [0.15, 0.2) is 18.3 Å². The number of hydrogen-bond acceptors (Lipinski definition) is 3. The van der Waals surface area contributed by atoms with Gasteiger partial charge in [0.25, 0.3) is 0 Å². The first kappa shape index (κ1) is 6.61. The van der Waals surface area contributed by atoms with Crippen molar-refractivity contribution < 1.29 is 0 Å². The lowest BCUT2D eigenvalue weighted by molar-refractivity contribution is 1.21. The number of hydrogen-bond donors (Lipinski definition) is 2. The lowest BCUT2D eigenvalue weighted by Gasteiger charge is -1.84. The van der Waals surface area contributed by atoms with Gasteiger partial charge in [0.15, 0.2) is 0 Å². The number of nitrogens with zero attached hydrogens (tertiary/aromatic N) is 1. The van der Waals surface area contributed by atoms with E-state index in [1.165, 1.54) is 12.4 Å². The van der Waals surface area contributed by atoms with Gasteiger partial charge in [-0.15, -0.1) is 0 Å². The predicted molar refractivity (Wildman–Crippen MR) is 40.8 cm³/mol. The van der Waals surface area contributed by atoms with Crippen LogP contribution in [0.5, 0.6) is 0 Å². The van der Waals surface area contributed by atoms with E-state index in [9.17, 15) is 0 Å². The molecule has 1 heterocycles. The maximum absolute atomic E-state index is 5.29. The van der Waals surface area contributed by atoms with Crippen LogP contribution >= 0.6 is 0 Å². The van der Waals surface area contributed by atoms with E-state index < -0.39 is 0 Å². The topological polar surface area (TPSA) is 64.9 Å². The summed E-state index contributed by atoms with van der Waals surface area (Å²) in [4.78, 5) is 3.98. The molecule has 0 atom stereocenters. The van der Waals surface area contributed by atoms with E-state index in [1.807, 2.05) is 12.1 Å². The van der Waals surface area contributed by atoms with E-state index in [0.717, 1.165) is 5.22 Å². The molecule has 3 nitrogen and oxygen atoms in total. The Labute approximate surface area is 58.7 Å². The molecule has 0 aliphatic rings. The van der Waals surface area contributed by atoms with Gasteiger partial charge in [-0.2, -0.15) is 0 Å². The van der Waals surface area contributed by atoms with Gasteiger partial charge >= 0.3 is 0 Å². The molecule has 0 amide bonds. The zero-order chi connectivity index (χ0) is 7.40. The molecule has 0 bridgehead atoms. The van der Waals surface area contributed by atoms with Crippen LogP contribution in [0, 0.1) is 0 Å². The molecule has 0 spiro atoms. The molecular formula is C7H9N3. The van der Waals surface area contributed by atoms with Gasteiger partial charge in [0, 0.05) is 23.8 Å². The van der Waals surface area contributed by atoms with Crippen LogP contribution in [0.3, 0.4) is 0 Å². The van der Waals surface area contributed by atoms with Crippen LogP contribution < -0.4 is 22.0 Å². The van der Waals surface area contributed by atoms with Crippen molar-refractivity contribution in [3.8, 4) is 0 Å². The van der Waals surface area contributed by atoms with Crippen LogP contribution in [0.2, 0.25) is 0 Å². The molecule has 3 heteroatoms. The van der Waals surface area contributed by atoms with Crippen LogP contribution in [-0.2, 0) is 0 Å². The minimum atomic E-state index is 0.713. The van der Waals surface area contributed by atoms with Crippen LogP contribution in [0.1, 0.15) is 0 Å². The predicted octanol–water partition coefficient (Wildman–Crippen LogP) is -1.52. The van der Waals surface area contributed by atoms with Crippen molar-refractivity contribution in [3.05, 3.63) is 28.9 Å². The van der Waals surface area contributed by atoms with Crippen molar-refractivity contribution in [2.24, 2.45) is 11.5 Å². The van der Waals surface area contributed by atoms with Gasteiger partial charge in [0.2, 0.25) is 0 Å². The lowest BCUT2D eigenvalue weighted by Crippen LogP contribution is -2.29. The third kappa shape index (κ3) is 1.07. The summed E-state index contributed by atoms with van der Waals surface area (Å²) in [5, 5.41) is 1.56. The standard InChI is InChI=1S/C7H9N3/c8-4-6-2-1-3-10-7(6)5-9/h1-5H,8-9H2/b6-4-,7-5?. The second kappa shape index (κ2) is 2.87. The van der Waals surface area contributed by atoms with E-state index in [4.69, 9.17) is 11.5 Å². The summed E-state index contributed by atoms with van der Waals surface area (Å²) in [6.45, 7) is 0. The van der Waals surface area contributed by atoms with Gasteiger partial charge in [-0.3, -0.25) is 4.98 Å². The van der Waals surface area contributed by atoms with Gasteiger partial charge < -0.3 is 11.5 Å². The molecule has 10 heavy (non-hydrogen) atoms. The molecule has 52 valence electrons. The number of pyridine rings is 1. The Morgan fingerprint density at radius 3 is 2.60 bits per heavy atom. The van der Waals surface area contributed by atoms with E-state index in [2.05, 4.69) is 4.98 Å². The van der Waals surface area contributed by atoms with Crippen molar-refractivity contribution >= 4 is 12.4 Å². The lowest BCUT2D eigenvalue weighted by atomic mass is 10.4.